The van der Waals surface area contributed by atoms with Crippen molar-refractivity contribution in [2.45, 2.75) is 71.5 Å². The molecule has 1 saturated carbocycles. The number of methoxy groups -OCH3 is 2. The summed E-state index contributed by atoms with van der Waals surface area (Å²) in [5, 5.41) is 6.21. The molecule has 3 aliphatic rings. The fourth-order valence-corrected chi connectivity index (χ4v) is 4.80. The predicted octanol–water partition coefficient (Wildman–Crippen LogP) is 3.95. The quantitative estimate of drug-likeness (QED) is 0.542. The molecule has 5 rings (SSSR count). The highest BCUT2D eigenvalue weighted by Gasteiger charge is 2.35. The molecule has 39 heavy (non-hydrogen) atoms. The van der Waals surface area contributed by atoms with Crippen LogP contribution in [0.2, 0.25) is 0 Å². The Kier molecular flexibility index (Phi) is 9.11. The van der Waals surface area contributed by atoms with Crippen molar-refractivity contribution >= 4 is 29.4 Å². The van der Waals surface area contributed by atoms with E-state index in [1.807, 2.05) is 19.9 Å². The SMILES string of the molecule is C1CCC1.CCC(=O)NC1COCC1Nc1ncc2c(n1)N(C)C(=O)N(c1c(C)c(OC)cc(OC)c1C)C2. The van der Waals surface area contributed by atoms with Crippen LogP contribution in [0.4, 0.5) is 22.2 Å². The van der Waals surface area contributed by atoms with Gasteiger partial charge in [0.2, 0.25) is 11.9 Å². The number of amides is 3. The van der Waals surface area contributed by atoms with Gasteiger partial charge in [-0.3, -0.25) is 14.6 Å². The van der Waals surface area contributed by atoms with E-state index in [4.69, 9.17) is 14.2 Å². The number of anilines is 3. The lowest BCUT2D eigenvalue weighted by molar-refractivity contribution is -0.121. The van der Waals surface area contributed by atoms with Gasteiger partial charge in [0.1, 0.15) is 17.3 Å². The van der Waals surface area contributed by atoms with Crippen molar-refractivity contribution in [1.82, 2.24) is 15.3 Å². The molecule has 2 atom stereocenters. The number of hydrogen-bond acceptors (Lipinski definition) is 8. The third-order valence-corrected chi connectivity index (χ3v) is 7.49. The molecule has 3 heterocycles. The normalized spacial score (nSPS) is 19.9. The number of urea groups is 1. The number of fused-ring (bicyclic) bond motifs is 1. The van der Waals surface area contributed by atoms with Gasteiger partial charge in [0.15, 0.2) is 0 Å². The first-order chi connectivity index (χ1) is 18.8. The molecule has 3 amide bonds. The molecule has 0 bridgehead atoms. The summed E-state index contributed by atoms with van der Waals surface area (Å²) in [6, 6.07) is 1.26. The first kappa shape index (κ1) is 28.4. The van der Waals surface area contributed by atoms with Crippen molar-refractivity contribution < 1.29 is 23.8 Å². The molecule has 11 nitrogen and oxygen atoms in total. The molecule has 0 spiro atoms. The van der Waals surface area contributed by atoms with Gasteiger partial charge in [-0.25, -0.2) is 9.78 Å². The maximum atomic E-state index is 13.5. The second-order valence-corrected chi connectivity index (χ2v) is 10.1. The fourth-order valence-electron chi connectivity index (χ4n) is 4.80. The molecule has 2 N–H and O–H groups in total. The van der Waals surface area contributed by atoms with Crippen LogP contribution in [0.15, 0.2) is 12.3 Å². The Morgan fingerprint density at radius 2 is 1.69 bits per heavy atom. The number of rotatable bonds is 7. The summed E-state index contributed by atoms with van der Waals surface area (Å²) in [4.78, 5) is 37.6. The van der Waals surface area contributed by atoms with Gasteiger partial charge in [-0.15, -0.1) is 0 Å². The second kappa shape index (κ2) is 12.5. The van der Waals surface area contributed by atoms with Crippen LogP contribution in [0.3, 0.4) is 0 Å². The Bertz CT molecular complexity index is 1170. The van der Waals surface area contributed by atoms with E-state index in [0.29, 0.717) is 49.4 Å². The predicted molar refractivity (Wildman–Crippen MR) is 150 cm³/mol. The Balaban J connectivity index is 0.000000808. The molecule has 212 valence electrons. The molecule has 2 aliphatic heterocycles. The average Bonchev–Trinajstić information content (AvgIpc) is 3.32. The molecule has 11 heteroatoms. The minimum atomic E-state index is -0.221. The van der Waals surface area contributed by atoms with E-state index in [9.17, 15) is 9.59 Å². The number of nitrogens with one attached hydrogen (secondary N) is 2. The van der Waals surface area contributed by atoms with Crippen molar-refractivity contribution in [3.63, 3.8) is 0 Å². The smallest absolute Gasteiger partial charge is 0.330 e. The van der Waals surface area contributed by atoms with Crippen LogP contribution in [-0.2, 0) is 16.1 Å². The fraction of sp³-hybridized carbons (Fsp3) is 0.571. The van der Waals surface area contributed by atoms with Gasteiger partial charge < -0.3 is 24.8 Å². The van der Waals surface area contributed by atoms with Crippen molar-refractivity contribution in [3.05, 3.63) is 29.0 Å². The monoisotopic (exact) mass is 540 g/mol. The lowest BCUT2D eigenvalue weighted by Crippen LogP contribution is -2.47. The standard InChI is InChI=1S/C24H32N6O5.C4H8/c1-7-20(31)26-16-11-35-12-17(16)27-23-25-9-15-10-30(24(32)29(4)22(15)28-23)21-13(2)18(33-5)8-19(34-6)14(21)3;1-2-4-3-1/h8-9,16-17H,7,10-12H2,1-6H3,(H,26,31)(H,25,27,28);1-4H2. The molecule has 0 radical (unpaired) electrons. The minimum absolute atomic E-state index is 0.0381. The van der Waals surface area contributed by atoms with Gasteiger partial charge in [0.05, 0.1) is 51.7 Å². The Hall–Kier alpha value is -3.60. The minimum Gasteiger partial charge on any atom is -0.496 e. The zero-order chi connectivity index (χ0) is 28.1. The second-order valence-electron chi connectivity index (χ2n) is 10.1. The van der Waals surface area contributed by atoms with Gasteiger partial charge in [-0.1, -0.05) is 32.6 Å². The summed E-state index contributed by atoms with van der Waals surface area (Å²) in [5.41, 5.74) is 3.23. The number of hydrogen-bond donors (Lipinski definition) is 2. The first-order valence-corrected chi connectivity index (χ1v) is 13.6. The number of carbonyl (C=O) groups is 2. The zero-order valence-corrected chi connectivity index (χ0v) is 23.8. The summed E-state index contributed by atoms with van der Waals surface area (Å²) in [6.45, 7) is 6.80. The van der Waals surface area contributed by atoms with Crippen molar-refractivity contribution in [1.29, 1.82) is 0 Å². The highest BCUT2D eigenvalue weighted by Crippen LogP contribution is 2.41. The van der Waals surface area contributed by atoms with E-state index >= 15 is 0 Å². The number of aromatic nitrogens is 2. The Morgan fingerprint density at radius 3 is 2.26 bits per heavy atom. The van der Waals surface area contributed by atoms with Crippen LogP contribution in [0.5, 0.6) is 11.5 Å². The Labute approximate surface area is 230 Å². The van der Waals surface area contributed by atoms with Gasteiger partial charge >= 0.3 is 6.03 Å². The highest BCUT2D eigenvalue weighted by atomic mass is 16.5. The van der Waals surface area contributed by atoms with Gasteiger partial charge in [0.25, 0.3) is 0 Å². The van der Waals surface area contributed by atoms with Crippen LogP contribution < -0.4 is 29.9 Å². The van der Waals surface area contributed by atoms with Gasteiger partial charge in [-0.05, 0) is 13.8 Å². The van der Waals surface area contributed by atoms with Crippen LogP contribution in [0.1, 0.15) is 55.7 Å². The molecular formula is C28H40N6O5. The lowest BCUT2D eigenvalue weighted by atomic mass is 10.0. The largest absolute Gasteiger partial charge is 0.496 e. The molecule has 1 saturated heterocycles. The zero-order valence-electron chi connectivity index (χ0n) is 23.8. The molecule has 1 aromatic heterocycles. The summed E-state index contributed by atoms with van der Waals surface area (Å²) < 4.78 is 16.6. The van der Waals surface area contributed by atoms with Crippen LogP contribution in [0, 0.1) is 13.8 Å². The van der Waals surface area contributed by atoms with Crippen LogP contribution in [-0.4, -0.2) is 68.5 Å². The highest BCUT2D eigenvalue weighted by molar-refractivity contribution is 6.06. The van der Waals surface area contributed by atoms with Crippen molar-refractivity contribution in [3.8, 4) is 11.5 Å². The number of benzene rings is 1. The van der Waals surface area contributed by atoms with E-state index < -0.39 is 0 Å². The maximum Gasteiger partial charge on any atom is 0.330 e. The van der Waals surface area contributed by atoms with E-state index in [1.54, 1.807) is 39.3 Å². The summed E-state index contributed by atoms with van der Waals surface area (Å²) in [6.07, 6.45) is 8.12. The van der Waals surface area contributed by atoms with Crippen molar-refractivity contribution in [2.24, 2.45) is 0 Å². The molecule has 2 unspecified atom stereocenters. The van der Waals surface area contributed by atoms with Crippen molar-refractivity contribution in [2.75, 3.05) is 49.6 Å². The molecule has 1 aliphatic carbocycles. The number of ether oxygens (including phenoxy) is 3. The topological polar surface area (TPSA) is 118 Å². The third-order valence-electron chi connectivity index (χ3n) is 7.49. The molecule has 1 aromatic carbocycles. The van der Waals surface area contributed by atoms with E-state index in [0.717, 1.165) is 22.4 Å². The molecular weight excluding hydrogens is 500 g/mol. The van der Waals surface area contributed by atoms with Crippen LogP contribution in [0.25, 0.3) is 0 Å². The summed E-state index contributed by atoms with van der Waals surface area (Å²) in [5.74, 6) is 2.15. The summed E-state index contributed by atoms with van der Waals surface area (Å²) in [7, 11) is 4.88. The van der Waals surface area contributed by atoms with E-state index in [-0.39, 0.29) is 24.0 Å². The molecule has 2 aromatic rings. The van der Waals surface area contributed by atoms with E-state index in [1.165, 1.54) is 30.6 Å². The van der Waals surface area contributed by atoms with Gasteiger partial charge in [0, 0.05) is 42.4 Å². The molecule has 2 fully saturated rings. The average molecular weight is 541 g/mol. The Morgan fingerprint density at radius 1 is 1.08 bits per heavy atom. The van der Waals surface area contributed by atoms with Crippen LogP contribution >= 0.6 is 0 Å². The summed E-state index contributed by atoms with van der Waals surface area (Å²) >= 11 is 0. The maximum absolute atomic E-state index is 13.5. The number of nitrogens with zero attached hydrogens (tertiary/aromatic N) is 4. The first-order valence-electron chi connectivity index (χ1n) is 13.6. The number of carbonyl (C=O) groups excluding carboxylic acids is 2. The van der Waals surface area contributed by atoms with Gasteiger partial charge in [-0.2, -0.15) is 4.98 Å². The lowest BCUT2D eigenvalue weighted by Gasteiger charge is -2.36. The third kappa shape index (κ3) is 6.03. The van der Waals surface area contributed by atoms with E-state index in [2.05, 4.69) is 20.6 Å².